The molecule has 2 aromatic rings. The minimum atomic E-state index is -0.428. The number of rotatable bonds is 2. The lowest BCUT2D eigenvalue weighted by atomic mass is 10.2. The van der Waals surface area contributed by atoms with Crippen LogP contribution in [0.15, 0.2) is 16.5 Å². The van der Waals surface area contributed by atoms with Crippen molar-refractivity contribution in [1.29, 1.82) is 0 Å². The lowest BCUT2D eigenvalue weighted by molar-refractivity contribution is -0.131. The zero-order valence-corrected chi connectivity index (χ0v) is 9.73. The molecule has 2 rings (SSSR count). The predicted molar refractivity (Wildman–Crippen MR) is 60.5 cm³/mol. The molecule has 17 heavy (non-hydrogen) atoms. The minimum absolute atomic E-state index is 0.0249. The number of esters is 1. The molecule has 0 atom stereocenters. The van der Waals surface area contributed by atoms with Crippen LogP contribution in [0.25, 0.3) is 11.0 Å². The minimum Gasteiger partial charge on any atom is -0.504 e. The van der Waals surface area contributed by atoms with E-state index >= 15 is 0 Å². The molecule has 1 heterocycles. The second kappa shape index (κ2) is 4.01. The van der Waals surface area contributed by atoms with E-state index < -0.39 is 5.97 Å². The van der Waals surface area contributed by atoms with E-state index in [-0.39, 0.29) is 11.5 Å². The first-order valence-corrected chi connectivity index (χ1v) is 5.02. The highest BCUT2D eigenvalue weighted by Gasteiger charge is 2.19. The molecule has 90 valence electrons. The van der Waals surface area contributed by atoms with Gasteiger partial charge in [-0.15, -0.1) is 0 Å². The molecule has 0 fully saturated rings. The molecule has 5 nitrogen and oxygen atoms in total. The Hall–Kier alpha value is -2.17. The smallest absolute Gasteiger partial charge is 0.308 e. The Morgan fingerprint density at radius 2 is 2.06 bits per heavy atom. The van der Waals surface area contributed by atoms with Gasteiger partial charge >= 0.3 is 5.97 Å². The molecule has 0 aliphatic rings. The van der Waals surface area contributed by atoms with Gasteiger partial charge in [-0.05, 0) is 19.1 Å². The molecule has 0 aliphatic carbocycles. The van der Waals surface area contributed by atoms with Gasteiger partial charge in [-0.1, -0.05) is 0 Å². The first-order chi connectivity index (χ1) is 8.04. The van der Waals surface area contributed by atoms with Crippen molar-refractivity contribution < 1.29 is 23.8 Å². The summed E-state index contributed by atoms with van der Waals surface area (Å²) in [6, 6.07) is 3.07. The maximum absolute atomic E-state index is 11.0. The van der Waals surface area contributed by atoms with Crippen molar-refractivity contribution in [3.05, 3.63) is 17.9 Å². The average Bonchev–Trinajstić information content (AvgIpc) is 2.55. The summed E-state index contributed by atoms with van der Waals surface area (Å²) in [6.07, 6.45) is 0. The highest BCUT2D eigenvalue weighted by atomic mass is 16.5. The molecule has 0 unspecified atom stereocenters. The van der Waals surface area contributed by atoms with Gasteiger partial charge in [-0.25, -0.2) is 0 Å². The third-order valence-electron chi connectivity index (χ3n) is 2.36. The molecule has 0 aliphatic heterocycles. The van der Waals surface area contributed by atoms with Gasteiger partial charge in [-0.3, -0.25) is 4.79 Å². The Balaban J connectivity index is 2.71. The van der Waals surface area contributed by atoms with E-state index in [0.717, 1.165) is 0 Å². The number of carbonyl (C=O) groups is 1. The number of aromatic hydroxyl groups is 1. The van der Waals surface area contributed by atoms with Crippen molar-refractivity contribution >= 4 is 16.9 Å². The highest BCUT2D eigenvalue weighted by Crippen LogP contribution is 2.42. The van der Waals surface area contributed by atoms with Crippen LogP contribution in [0.1, 0.15) is 12.7 Å². The standard InChI is InChI=1S/C12H12O5/c1-6-10(17-7(2)13)8-4-5-9(14)12(15-3)11(8)16-6/h4-5,14H,1-3H3. The summed E-state index contributed by atoms with van der Waals surface area (Å²) in [7, 11) is 1.43. The number of ether oxygens (including phenoxy) is 2. The Bertz CT molecular complexity index is 582. The van der Waals surface area contributed by atoms with Crippen molar-refractivity contribution in [3.8, 4) is 17.2 Å². The van der Waals surface area contributed by atoms with Crippen LogP contribution in [-0.2, 0) is 4.79 Å². The van der Waals surface area contributed by atoms with E-state index in [1.54, 1.807) is 13.0 Å². The molecule has 0 saturated carbocycles. The first-order valence-electron chi connectivity index (χ1n) is 5.02. The summed E-state index contributed by atoms with van der Waals surface area (Å²) in [4.78, 5) is 11.0. The molecule has 1 aromatic heterocycles. The lowest BCUT2D eigenvalue weighted by Gasteiger charge is -2.03. The van der Waals surface area contributed by atoms with Gasteiger partial charge in [0.2, 0.25) is 5.75 Å². The van der Waals surface area contributed by atoms with Gasteiger partial charge in [0.1, 0.15) is 5.76 Å². The third-order valence-corrected chi connectivity index (χ3v) is 2.36. The zero-order chi connectivity index (χ0) is 12.6. The van der Waals surface area contributed by atoms with Crippen molar-refractivity contribution in [2.75, 3.05) is 7.11 Å². The fourth-order valence-corrected chi connectivity index (χ4v) is 1.69. The number of phenolic OH excluding ortho intramolecular Hbond substituents is 1. The number of methoxy groups -OCH3 is 1. The Kier molecular flexibility index (Phi) is 2.67. The molecular formula is C12H12O5. The summed E-state index contributed by atoms with van der Waals surface area (Å²) in [5.41, 5.74) is 0.362. The first kappa shape index (κ1) is 11.3. The fourth-order valence-electron chi connectivity index (χ4n) is 1.69. The van der Waals surface area contributed by atoms with E-state index in [1.165, 1.54) is 20.1 Å². The summed E-state index contributed by atoms with van der Waals surface area (Å²) in [5.74, 6) is 0.583. The van der Waals surface area contributed by atoms with Crippen LogP contribution >= 0.6 is 0 Å². The van der Waals surface area contributed by atoms with Crippen LogP contribution < -0.4 is 9.47 Å². The number of benzene rings is 1. The van der Waals surface area contributed by atoms with Gasteiger partial charge in [0, 0.05) is 6.92 Å². The lowest BCUT2D eigenvalue weighted by Crippen LogP contribution is -2.01. The molecule has 0 bridgehead atoms. The van der Waals surface area contributed by atoms with Crippen LogP contribution in [0, 0.1) is 6.92 Å². The average molecular weight is 236 g/mol. The van der Waals surface area contributed by atoms with Gasteiger partial charge < -0.3 is 19.0 Å². The molecule has 1 aromatic carbocycles. The zero-order valence-electron chi connectivity index (χ0n) is 9.73. The number of hydrogen-bond acceptors (Lipinski definition) is 5. The quantitative estimate of drug-likeness (QED) is 0.811. The van der Waals surface area contributed by atoms with Crippen LogP contribution in [0.4, 0.5) is 0 Å². The van der Waals surface area contributed by atoms with Crippen molar-refractivity contribution in [2.45, 2.75) is 13.8 Å². The summed E-state index contributed by atoms with van der Waals surface area (Å²) in [5, 5.41) is 10.2. The molecule has 0 amide bonds. The Morgan fingerprint density at radius 3 is 2.65 bits per heavy atom. The summed E-state index contributed by atoms with van der Waals surface area (Å²) < 4.78 is 15.6. The number of furan rings is 1. The number of hydrogen-bond donors (Lipinski definition) is 1. The summed E-state index contributed by atoms with van der Waals surface area (Å²) in [6.45, 7) is 2.99. The van der Waals surface area contributed by atoms with Gasteiger partial charge in [0.05, 0.1) is 12.5 Å². The van der Waals surface area contributed by atoms with E-state index in [2.05, 4.69) is 0 Å². The van der Waals surface area contributed by atoms with Gasteiger partial charge in [0.25, 0.3) is 0 Å². The van der Waals surface area contributed by atoms with Crippen LogP contribution in [0.5, 0.6) is 17.2 Å². The highest BCUT2D eigenvalue weighted by molar-refractivity contribution is 5.93. The largest absolute Gasteiger partial charge is 0.504 e. The molecule has 1 N–H and O–H groups in total. The molecular weight excluding hydrogens is 224 g/mol. The number of fused-ring (bicyclic) bond motifs is 1. The number of phenols is 1. The van der Waals surface area contributed by atoms with Crippen molar-refractivity contribution in [1.82, 2.24) is 0 Å². The van der Waals surface area contributed by atoms with Crippen molar-refractivity contribution in [2.24, 2.45) is 0 Å². The van der Waals surface area contributed by atoms with E-state index in [0.29, 0.717) is 22.5 Å². The maximum Gasteiger partial charge on any atom is 0.308 e. The maximum atomic E-state index is 11.0. The SMILES string of the molecule is COc1c(O)ccc2c(OC(C)=O)c(C)oc12. The van der Waals surface area contributed by atoms with E-state index in [1.807, 2.05) is 0 Å². The van der Waals surface area contributed by atoms with Gasteiger partial charge in [-0.2, -0.15) is 0 Å². The van der Waals surface area contributed by atoms with Crippen molar-refractivity contribution in [3.63, 3.8) is 0 Å². The van der Waals surface area contributed by atoms with Crippen LogP contribution in [-0.4, -0.2) is 18.2 Å². The fraction of sp³-hybridized carbons (Fsp3) is 0.250. The van der Waals surface area contributed by atoms with Gasteiger partial charge in [0.15, 0.2) is 17.1 Å². The predicted octanol–water partition coefficient (Wildman–Crippen LogP) is 2.38. The molecule has 5 heteroatoms. The Morgan fingerprint density at radius 1 is 1.35 bits per heavy atom. The molecule has 0 radical (unpaired) electrons. The van der Waals surface area contributed by atoms with Crippen LogP contribution in [0.2, 0.25) is 0 Å². The van der Waals surface area contributed by atoms with Crippen LogP contribution in [0.3, 0.4) is 0 Å². The third kappa shape index (κ3) is 1.80. The van der Waals surface area contributed by atoms with E-state index in [4.69, 9.17) is 13.9 Å². The molecule has 0 saturated heterocycles. The summed E-state index contributed by atoms with van der Waals surface area (Å²) >= 11 is 0. The molecule has 0 spiro atoms. The topological polar surface area (TPSA) is 68.9 Å². The monoisotopic (exact) mass is 236 g/mol. The Labute approximate surface area is 97.6 Å². The number of carbonyl (C=O) groups excluding carboxylic acids is 1. The van der Waals surface area contributed by atoms with E-state index in [9.17, 15) is 9.90 Å². The number of aryl methyl sites for hydroxylation is 1. The second-order valence-electron chi connectivity index (χ2n) is 3.58. The normalized spacial score (nSPS) is 10.5. The second-order valence-corrected chi connectivity index (χ2v) is 3.58.